The second kappa shape index (κ2) is 5.27. The molecule has 23 heavy (non-hydrogen) atoms. The summed E-state index contributed by atoms with van der Waals surface area (Å²) in [7, 11) is 0. The molecule has 2 aliphatic rings. The molecule has 1 aromatic rings. The Morgan fingerprint density at radius 3 is 2.52 bits per heavy atom. The number of nitrogens with zero attached hydrogens (tertiary/aromatic N) is 2. The lowest BCUT2D eigenvalue weighted by atomic mass is 10.1. The number of benzene rings is 1. The fraction of sp³-hybridized carbons (Fsp3) is 0.286. The van der Waals surface area contributed by atoms with Crippen LogP contribution in [-0.2, 0) is 9.59 Å². The summed E-state index contributed by atoms with van der Waals surface area (Å²) in [4.78, 5) is 59.1. The minimum Gasteiger partial charge on any atom is -0.295 e. The van der Waals surface area contributed by atoms with Crippen molar-refractivity contribution in [2.24, 2.45) is 0 Å². The van der Waals surface area contributed by atoms with Gasteiger partial charge in [0.2, 0.25) is 11.8 Å². The zero-order valence-electron chi connectivity index (χ0n) is 11.8. The number of hydrogen-bond donors (Lipinski definition) is 1. The maximum absolute atomic E-state index is 12.4. The van der Waals surface area contributed by atoms with E-state index in [0.29, 0.717) is 6.42 Å². The van der Waals surface area contributed by atoms with Crippen LogP contribution in [0.15, 0.2) is 18.2 Å². The van der Waals surface area contributed by atoms with Gasteiger partial charge in [0, 0.05) is 18.6 Å². The van der Waals surface area contributed by atoms with E-state index < -0.39 is 34.6 Å². The molecule has 9 heteroatoms. The molecule has 1 N–H and O–H groups in total. The van der Waals surface area contributed by atoms with Gasteiger partial charge in [-0.25, -0.2) is 0 Å². The molecule has 0 radical (unpaired) electrons. The predicted octanol–water partition coefficient (Wildman–Crippen LogP) is 0.386. The minimum absolute atomic E-state index is 0.0176. The van der Waals surface area contributed by atoms with Gasteiger partial charge >= 0.3 is 0 Å². The largest absolute Gasteiger partial charge is 0.295 e. The number of amides is 4. The van der Waals surface area contributed by atoms with Crippen LogP contribution >= 0.6 is 0 Å². The lowest BCUT2D eigenvalue weighted by Crippen LogP contribution is -2.49. The summed E-state index contributed by atoms with van der Waals surface area (Å²) >= 11 is 0. The lowest BCUT2D eigenvalue weighted by molar-refractivity contribution is -0.384. The molecule has 1 aromatic carbocycles. The third kappa shape index (κ3) is 2.35. The molecule has 118 valence electrons. The highest BCUT2D eigenvalue weighted by Crippen LogP contribution is 2.29. The highest BCUT2D eigenvalue weighted by Gasteiger charge is 2.44. The van der Waals surface area contributed by atoms with E-state index in [4.69, 9.17) is 0 Å². The summed E-state index contributed by atoms with van der Waals surface area (Å²) in [6.45, 7) is 0. The first-order valence-corrected chi connectivity index (χ1v) is 6.90. The molecule has 0 bridgehead atoms. The molecule has 2 heterocycles. The first-order chi connectivity index (χ1) is 10.9. The zero-order valence-corrected chi connectivity index (χ0v) is 11.8. The van der Waals surface area contributed by atoms with E-state index in [0.717, 1.165) is 17.0 Å². The van der Waals surface area contributed by atoms with Crippen LogP contribution < -0.4 is 5.32 Å². The third-order valence-corrected chi connectivity index (χ3v) is 3.87. The maximum Gasteiger partial charge on any atom is 0.270 e. The van der Waals surface area contributed by atoms with Crippen LogP contribution in [0.2, 0.25) is 0 Å². The number of rotatable bonds is 2. The number of imide groups is 2. The Morgan fingerprint density at radius 2 is 1.83 bits per heavy atom. The number of hydrogen-bond acceptors (Lipinski definition) is 6. The summed E-state index contributed by atoms with van der Waals surface area (Å²) in [6.07, 6.45) is 0.664. The highest BCUT2D eigenvalue weighted by molar-refractivity contribution is 6.23. The van der Waals surface area contributed by atoms with Gasteiger partial charge in [-0.05, 0) is 18.9 Å². The first-order valence-electron chi connectivity index (χ1n) is 6.90. The number of nitro groups is 1. The van der Waals surface area contributed by atoms with Crippen LogP contribution in [-0.4, -0.2) is 39.5 Å². The van der Waals surface area contributed by atoms with Crippen molar-refractivity contribution >= 4 is 29.3 Å². The summed E-state index contributed by atoms with van der Waals surface area (Å²) in [5.41, 5.74) is -0.399. The number of fused-ring (bicyclic) bond motifs is 1. The van der Waals surface area contributed by atoms with Crippen molar-refractivity contribution in [2.75, 3.05) is 0 Å². The first kappa shape index (κ1) is 14.8. The Morgan fingerprint density at radius 1 is 1.13 bits per heavy atom. The van der Waals surface area contributed by atoms with Gasteiger partial charge < -0.3 is 0 Å². The Bertz CT molecular complexity index is 772. The van der Waals surface area contributed by atoms with Crippen molar-refractivity contribution < 1.29 is 24.1 Å². The highest BCUT2D eigenvalue weighted by atomic mass is 16.6. The SMILES string of the molecule is O=C1CCC[C@H](N2C(=O)c3ccc([N+](=O)[O-])cc3C2=O)C(=O)N1. The van der Waals surface area contributed by atoms with Crippen LogP contribution in [0, 0.1) is 10.1 Å². The van der Waals surface area contributed by atoms with Crippen molar-refractivity contribution in [3.8, 4) is 0 Å². The molecular formula is C14H11N3O6. The van der Waals surface area contributed by atoms with Crippen LogP contribution in [0.4, 0.5) is 5.69 Å². The Kier molecular flexibility index (Phi) is 3.40. The normalized spacial score (nSPS) is 21.0. The molecule has 1 saturated heterocycles. The molecule has 0 spiro atoms. The van der Waals surface area contributed by atoms with Crippen molar-refractivity contribution in [3.63, 3.8) is 0 Å². The molecule has 9 nitrogen and oxygen atoms in total. The van der Waals surface area contributed by atoms with Gasteiger partial charge in [0.15, 0.2) is 0 Å². The second-order valence-electron chi connectivity index (χ2n) is 5.29. The van der Waals surface area contributed by atoms with Crippen LogP contribution in [0.1, 0.15) is 40.0 Å². The second-order valence-corrected chi connectivity index (χ2v) is 5.29. The van der Waals surface area contributed by atoms with E-state index in [9.17, 15) is 29.3 Å². The monoisotopic (exact) mass is 317 g/mol. The Hall–Kier alpha value is -3.10. The quantitative estimate of drug-likeness (QED) is 0.477. The predicted molar refractivity (Wildman–Crippen MR) is 74.4 cm³/mol. The van der Waals surface area contributed by atoms with Crippen LogP contribution in [0.5, 0.6) is 0 Å². The number of non-ortho nitro benzene ring substituents is 1. The smallest absolute Gasteiger partial charge is 0.270 e. The number of nitro benzene ring substituents is 1. The van der Waals surface area contributed by atoms with Crippen molar-refractivity contribution in [1.82, 2.24) is 10.2 Å². The molecule has 0 unspecified atom stereocenters. The topological polar surface area (TPSA) is 127 Å². The fourth-order valence-electron chi connectivity index (χ4n) is 2.76. The van der Waals surface area contributed by atoms with Gasteiger partial charge in [-0.2, -0.15) is 0 Å². The van der Waals surface area contributed by atoms with Crippen LogP contribution in [0.25, 0.3) is 0 Å². The summed E-state index contributed by atoms with van der Waals surface area (Å²) in [5.74, 6) is -2.61. The van der Waals surface area contributed by atoms with Crippen LogP contribution in [0.3, 0.4) is 0 Å². The van der Waals surface area contributed by atoms with E-state index in [-0.39, 0.29) is 29.7 Å². The number of carbonyl (C=O) groups is 4. The summed E-state index contributed by atoms with van der Waals surface area (Å²) in [6, 6.07) is 2.26. The van der Waals surface area contributed by atoms with Gasteiger partial charge in [0.25, 0.3) is 17.5 Å². The van der Waals surface area contributed by atoms with E-state index in [2.05, 4.69) is 5.32 Å². The standard InChI is InChI=1S/C14H11N3O6/c18-11-3-1-2-10(12(19)15-11)16-13(20)8-5-4-7(17(22)23)6-9(8)14(16)21/h4-6,10H,1-3H2,(H,15,18,19)/t10-/m0/s1. The van der Waals surface area contributed by atoms with Gasteiger partial charge in [-0.1, -0.05) is 0 Å². The van der Waals surface area contributed by atoms with E-state index in [1.807, 2.05) is 0 Å². The molecule has 2 aliphatic heterocycles. The Balaban J connectivity index is 1.98. The molecule has 1 atom stereocenters. The van der Waals surface area contributed by atoms with Gasteiger partial charge in [-0.3, -0.25) is 39.5 Å². The van der Waals surface area contributed by atoms with Gasteiger partial charge in [-0.15, -0.1) is 0 Å². The molecule has 0 aromatic heterocycles. The van der Waals surface area contributed by atoms with E-state index in [1.165, 1.54) is 6.07 Å². The van der Waals surface area contributed by atoms with Crippen molar-refractivity contribution in [2.45, 2.75) is 25.3 Å². The summed E-state index contributed by atoms with van der Waals surface area (Å²) < 4.78 is 0. The maximum atomic E-state index is 12.4. The fourth-order valence-corrected chi connectivity index (χ4v) is 2.76. The summed E-state index contributed by atoms with van der Waals surface area (Å²) in [5, 5.41) is 12.9. The van der Waals surface area contributed by atoms with Gasteiger partial charge in [0.05, 0.1) is 16.1 Å². The average Bonchev–Trinajstić information content (AvgIpc) is 2.64. The molecule has 0 saturated carbocycles. The molecular weight excluding hydrogens is 306 g/mol. The van der Waals surface area contributed by atoms with Gasteiger partial charge in [0.1, 0.15) is 6.04 Å². The number of carbonyl (C=O) groups excluding carboxylic acids is 4. The van der Waals surface area contributed by atoms with Crippen molar-refractivity contribution in [3.05, 3.63) is 39.4 Å². The molecule has 1 fully saturated rings. The average molecular weight is 317 g/mol. The Labute approximate surface area is 129 Å². The lowest BCUT2D eigenvalue weighted by Gasteiger charge is -2.22. The van der Waals surface area contributed by atoms with E-state index >= 15 is 0 Å². The van der Waals surface area contributed by atoms with Crippen molar-refractivity contribution in [1.29, 1.82) is 0 Å². The molecule has 4 amide bonds. The van der Waals surface area contributed by atoms with E-state index in [1.54, 1.807) is 0 Å². The third-order valence-electron chi connectivity index (χ3n) is 3.87. The molecule has 3 rings (SSSR count). The zero-order chi connectivity index (χ0) is 16.7. The molecule has 0 aliphatic carbocycles. The minimum atomic E-state index is -1.09. The number of nitrogens with one attached hydrogen (secondary N) is 1.